The van der Waals surface area contributed by atoms with Crippen molar-refractivity contribution in [3.8, 4) is 0 Å². The number of carboxylic acids is 1. The molecule has 3 aromatic rings. The highest BCUT2D eigenvalue weighted by molar-refractivity contribution is 8.02. The minimum atomic E-state index is -1.94. The van der Waals surface area contributed by atoms with Crippen LogP contribution in [0.25, 0.3) is 0 Å². The molecule has 1 fully saturated rings. The Morgan fingerprint density at radius 3 is 2.23 bits per heavy atom. The van der Waals surface area contributed by atoms with Crippen molar-refractivity contribution in [2.24, 2.45) is 0 Å². The van der Waals surface area contributed by atoms with E-state index in [1.807, 2.05) is 0 Å². The Morgan fingerprint density at radius 2 is 1.68 bits per heavy atom. The number of β-lactam (4-membered cyclic amide) rings is 1. The normalized spacial score (nSPS) is 19.3. The third-order valence-electron chi connectivity index (χ3n) is 8.02. The summed E-state index contributed by atoms with van der Waals surface area (Å²) < 4.78 is 9.69. The molecule has 15 nitrogen and oxygen atoms in total. The van der Waals surface area contributed by atoms with Crippen molar-refractivity contribution in [2.45, 2.75) is 55.1 Å². The van der Waals surface area contributed by atoms with Crippen molar-refractivity contribution in [2.75, 3.05) is 11.9 Å². The van der Waals surface area contributed by atoms with Gasteiger partial charge in [-0.3, -0.25) is 28.9 Å². The van der Waals surface area contributed by atoms with Gasteiger partial charge >= 0.3 is 18.0 Å². The molecule has 0 aliphatic carbocycles. The fraction of sp³-hybridized carbons (Fsp3) is 0.278. The monoisotopic (exact) mass is 761 g/mol. The highest BCUT2D eigenvalue weighted by Gasteiger charge is 2.63. The van der Waals surface area contributed by atoms with Crippen molar-refractivity contribution < 1.29 is 48.1 Å². The van der Waals surface area contributed by atoms with Crippen molar-refractivity contribution in [1.29, 1.82) is 0 Å². The zero-order valence-electron chi connectivity index (χ0n) is 28.7. The minimum absolute atomic E-state index is 0.0608. The average molecular weight is 762 g/mol. The number of ether oxygens (including phenoxy) is 2. The van der Waals surface area contributed by atoms with E-state index in [2.05, 4.69) is 27.5 Å². The zero-order valence-corrected chi connectivity index (χ0v) is 30.3. The van der Waals surface area contributed by atoms with Gasteiger partial charge in [-0.2, -0.15) is 0 Å². The molecule has 0 radical (unpaired) electrons. The molecule has 1 saturated heterocycles. The Hall–Kier alpha value is -5.81. The standard InChI is InChI=1S/C36H35N5O10S2/c1-5-22-25(31(46)47)41-29(45)24(40-28(44)26(43)23-18-52-33(39-23)38-19-42)30(41)53-36(22,16-17-37-34(49)51-35(2,3)4)32(48)50-27(20-12-8-6-9-13-20)21-14-10-7-11-15-21/h5-15,18-19,24,27,30H,1,16-17H2,2-4H3,(H,37,49)(H,40,44)(H,46,47)(H,38,39,42)/t24?,30-,36?/m0/s1. The molecule has 276 valence electrons. The number of nitrogens with one attached hydrogen (secondary N) is 3. The van der Waals surface area contributed by atoms with E-state index in [0.717, 1.165) is 34.1 Å². The predicted molar refractivity (Wildman–Crippen MR) is 194 cm³/mol. The number of anilines is 1. The summed E-state index contributed by atoms with van der Waals surface area (Å²) in [5.41, 5.74) is -0.683. The maximum Gasteiger partial charge on any atom is 0.407 e. The lowest BCUT2D eigenvalue weighted by Gasteiger charge is -2.54. The van der Waals surface area contributed by atoms with E-state index >= 15 is 0 Å². The molecule has 0 bridgehead atoms. The molecular formula is C36H35N5O10S2. The molecule has 17 heteroatoms. The summed E-state index contributed by atoms with van der Waals surface area (Å²) in [5.74, 6) is -5.69. The molecule has 3 atom stereocenters. The smallest absolute Gasteiger partial charge is 0.407 e. The van der Waals surface area contributed by atoms with E-state index in [0.29, 0.717) is 17.5 Å². The number of allylic oxidation sites excluding steroid dienone is 1. The number of rotatable bonds is 14. The van der Waals surface area contributed by atoms with Gasteiger partial charge in [0.05, 0.1) is 0 Å². The molecule has 53 heavy (non-hydrogen) atoms. The van der Waals surface area contributed by atoms with Crippen LogP contribution in [0.4, 0.5) is 9.93 Å². The summed E-state index contributed by atoms with van der Waals surface area (Å²) in [6, 6.07) is 16.2. The lowest BCUT2D eigenvalue weighted by Crippen LogP contribution is -2.73. The number of carboxylic acid groups (broad SMARTS) is 1. The quantitative estimate of drug-likeness (QED) is 0.0608. The maximum absolute atomic E-state index is 14.8. The molecule has 2 aliphatic rings. The first kappa shape index (κ1) is 38.4. The largest absolute Gasteiger partial charge is 0.477 e. The second-order valence-electron chi connectivity index (χ2n) is 12.7. The van der Waals surface area contributed by atoms with Gasteiger partial charge in [0, 0.05) is 17.5 Å². The zero-order chi connectivity index (χ0) is 38.5. The van der Waals surface area contributed by atoms with Crippen LogP contribution in [0.5, 0.6) is 0 Å². The van der Waals surface area contributed by atoms with Gasteiger partial charge in [0.2, 0.25) is 6.41 Å². The summed E-state index contributed by atoms with van der Waals surface area (Å²) in [4.78, 5) is 95.5. The summed E-state index contributed by atoms with van der Waals surface area (Å²) in [6.07, 6.45) is -0.534. The van der Waals surface area contributed by atoms with Crippen LogP contribution in [0.1, 0.15) is 54.9 Å². The van der Waals surface area contributed by atoms with Gasteiger partial charge in [-0.15, -0.1) is 23.1 Å². The van der Waals surface area contributed by atoms with Crippen molar-refractivity contribution in [3.05, 3.63) is 107 Å². The number of aliphatic carboxylic acids is 1. The maximum atomic E-state index is 14.8. The average Bonchev–Trinajstić information content (AvgIpc) is 3.60. The molecule has 4 N–H and O–H groups in total. The van der Waals surface area contributed by atoms with Crippen LogP contribution in [-0.4, -0.2) is 85.3 Å². The van der Waals surface area contributed by atoms with Gasteiger partial charge in [-0.1, -0.05) is 73.3 Å². The number of hydrogen-bond donors (Lipinski definition) is 4. The third-order valence-corrected chi connectivity index (χ3v) is 10.5. The van der Waals surface area contributed by atoms with Gasteiger partial charge in [0.15, 0.2) is 11.2 Å². The lowest BCUT2D eigenvalue weighted by molar-refractivity contribution is -0.153. The second kappa shape index (κ2) is 15.8. The molecule has 2 aromatic carbocycles. The first-order chi connectivity index (χ1) is 25.2. The number of carbonyl (C=O) groups excluding carboxylic acids is 6. The highest BCUT2D eigenvalue weighted by atomic mass is 32.2. The van der Waals surface area contributed by atoms with Crippen LogP contribution in [0.3, 0.4) is 0 Å². The number of Topliss-reactive ketones (excluding diaryl/α,β-unsaturated/α-hetero) is 1. The van der Waals surface area contributed by atoms with Crippen LogP contribution in [0, 0.1) is 0 Å². The molecule has 3 heterocycles. The second-order valence-corrected chi connectivity index (χ2v) is 15.0. The van der Waals surface area contributed by atoms with Crippen LogP contribution < -0.4 is 16.0 Å². The summed E-state index contributed by atoms with van der Waals surface area (Å²) >= 11 is 1.71. The Kier molecular flexibility index (Phi) is 11.5. The van der Waals surface area contributed by atoms with E-state index in [9.17, 15) is 38.7 Å². The molecule has 2 unspecified atom stereocenters. The van der Waals surface area contributed by atoms with Gasteiger partial charge in [0.1, 0.15) is 33.2 Å². The van der Waals surface area contributed by atoms with E-state index in [1.54, 1.807) is 81.4 Å². The highest BCUT2D eigenvalue weighted by Crippen LogP contribution is 2.53. The summed E-state index contributed by atoms with van der Waals surface area (Å²) in [5, 5.41) is 17.8. The number of aromatic nitrogens is 1. The number of ketones is 1. The van der Waals surface area contributed by atoms with Crippen LogP contribution in [-0.2, 0) is 33.4 Å². The van der Waals surface area contributed by atoms with Crippen molar-refractivity contribution in [1.82, 2.24) is 20.5 Å². The third kappa shape index (κ3) is 8.15. The molecule has 0 saturated carbocycles. The molecule has 2 aliphatic heterocycles. The van der Waals surface area contributed by atoms with Crippen molar-refractivity contribution >= 4 is 70.3 Å². The van der Waals surface area contributed by atoms with Crippen LogP contribution in [0.15, 0.2) is 90.0 Å². The number of hydrogen-bond acceptors (Lipinski definition) is 12. The number of amides is 4. The van der Waals surface area contributed by atoms with Crippen LogP contribution >= 0.6 is 23.1 Å². The number of benzene rings is 2. The van der Waals surface area contributed by atoms with Crippen LogP contribution in [0.2, 0.25) is 0 Å². The topological polar surface area (TPSA) is 210 Å². The molecule has 5 rings (SSSR count). The number of thiazole rings is 1. The Labute approximate surface area is 311 Å². The number of esters is 1. The van der Waals surface area contributed by atoms with E-state index in [1.165, 1.54) is 5.38 Å². The van der Waals surface area contributed by atoms with E-state index in [4.69, 9.17) is 9.47 Å². The molecule has 0 spiro atoms. The van der Waals surface area contributed by atoms with E-state index in [-0.39, 0.29) is 29.4 Å². The number of alkyl carbamates (subject to hydrolysis) is 1. The first-order valence-electron chi connectivity index (χ1n) is 16.1. The summed E-state index contributed by atoms with van der Waals surface area (Å²) in [7, 11) is 0. The van der Waals surface area contributed by atoms with Crippen molar-refractivity contribution in [3.63, 3.8) is 0 Å². The molecular weight excluding hydrogens is 727 g/mol. The van der Waals surface area contributed by atoms with Gasteiger partial charge in [0.25, 0.3) is 17.6 Å². The fourth-order valence-corrected chi connectivity index (χ4v) is 8.11. The Balaban J connectivity index is 1.54. The Bertz CT molecular complexity index is 1940. The molecule has 4 amide bonds. The van der Waals surface area contributed by atoms with Gasteiger partial charge < -0.3 is 30.5 Å². The minimum Gasteiger partial charge on any atom is -0.477 e. The number of thioether (sulfide) groups is 1. The van der Waals surface area contributed by atoms with E-state index < -0.39 is 69.2 Å². The lowest BCUT2D eigenvalue weighted by atomic mass is 9.89. The first-order valence-corrected chi connectivity index (χ1v) is 17.9. The predicted octanol–water partition coefficient (Wildman–Crippen LogP) is 3.81. The number of carbonyl (C=O) groups is 7. The fourth-order valence-electron chi connectivity index (χ4n) is 5.74. The van der Waals surface area contributed by atoms with Gasteiger partial charge in [-0.05, 0) is 38.3 Å². The Morgan fingerprint density at radius 1 is 1.06 bits per heavy atom. The SMILES string of the molecule is C=CC1=C(C(=O)O)N2C(=O)C(NC(=O)C(=O)c3csc(NC=O)n3)[C@@H]2SC1(CCNC(=O)OC(C)(C)C)C(=O)OC(c1ccccc1)c1ccccc1. The van der Waals surface area contributed by atoms with Gasteiger partial charge in [-0.25, -0.2) is 14.6 Å². The summed E-state index contributed by atoms with van der Waals surface area (Å²) in [6.45, 7) is 8.58. The number of fused-ring (bicyclic) bond motifs is 1. The molecule has 1 aromatic heterocycles. The number of nitrogens with zero attached hydrogens (tertiary/aromatic N) is 2.